The highest BCUT2D eigenvalue weighted by Gasteiger charge is 2.15. The van der Waals surface area contributed by atoms with Crippen LogP contribution < -0.4 is 4.74 Å². The van der Waals surface area contributed by atoms with E-state index in [1.54, 1.807) is 37.3 Å². The molecule has 2 aromatic carbocycles. The molecule has 0 aliphatic rings. The van der Waals surface area contributed by atoms with Gasteiger partial charge in [-0.05, 0) is 30.3 Å². The molecule has 0 aliphatic heterocycles. The molecule has 3 nitrogen and oxygen atoms in total. The van der Waals surface area contributed by atoms with Crippen molar-refractivity contribution in [1.29, 1.82) is 0 Å². The first-order valence-electron chi connectivity index (χ1n) is 6.21. The number of ketones is 1. The van der Waals surface area contributed by atoms with Crippen molar-refractivity contribution in [3.8, 4) is 5.75 Å². The topological polar surface area (TPSA) is 43.4 Å². The highest BCUT2D eigenvalue weighted by Crippen LogP contribution is 2.25. The van der Waals surface area contributed by atoms with E-state index in [2.05, 4.69) is 0 Å². The van der Waals surface area contributed by atoms with Crippen LogP contribution in [0.2, 0.25) is 5.02 Å². The zero-order chi connectivity index (χ0) is 14.5. The fourth-order valence-electron chi connectivity index (χ4n) is 1.73. The summed E-state index contributed by atoms with van der Waals surface area (Å²) in [6, 6.07) is 13.2. The summed E-state index contributed by atoms with van der Waals surface area (Å²) in [6.07, 6.45) is 0.316. The van der Waals surface area contributed by atoms with Gasteiger partial charge in [-0.1, -0.05) is 36.7 Å². The Kier molecular flexibility index (Phi) is 4.53. The normalized spacial score (nSPS) is 10.1. The number of carbonyl (C=O) groups excluding carboxylic acids is 2. The predicted octanol–water partition coefficient (Wildman–Crippen LogP) is 4.15. The summed E-state index contributed by atoms with van der Waals surface area (Å²) < 4.78 is 5.29. The fourth-order valence-corrected chi connectivity index (χ4v) is 1.90. The molecule has 0 spiro atoms. The number of benzene rings is 2. The maximum atomic E-state index is 12.0. The predicted molar refractivity (Wildman–Crippen MR) is 77.5 cm³/mol. The van der Waals surface area contributed by atoms with E-state index >= 15 is 0 Å². The molecule has 2 rings (SSSR count). The molecule has 0 radical (unpaired) electrons. The molecule has 0 unspecified atom stereocenters. The van der Waals surface area contributed by atoms with Gasteiger partial charge in [0.25, 0.3) is 0 Å². The van der Waals surface area contributed by atoms with Gasteiger partial charge in [-0.15, -0.1) is 0 Å². The summed E-state index contributed by atoms with van der Waals surface area (Å²) in [6.45, 7) is 1.74. The third-order valence-electron chi connectivity index (χ3n) is 2.78. The van der Waals surface area contributed by atoms with E-state index in [4.69, 9.17) is 16.3 Å². The van der Waals surface area contributed by atoms with Gasteiger partial charge >= 0.3 is 5.97 Å². The van der Waals surface area contributed by atoms with E-state index in [0.717, 1.165) is 0 Å². The van der Waals surface area contributed by atoms with Gasteiger partial charge in [0.05, 0.1) is 11.1 Å². The molecule has 0 N–H and O–H groups in total. The molecule has 4 heteroatoms. The van der Waals surface area contributed by atoms with Gasteiger partial charge < -0.3 is 4.74 Å². The van der Waals surface area contributed by atoms with E-state index in [9.17, 15) is 9.59 Å². The molecule has 0 bridgehead atoms. The number of ether oxygens (including phenoxy) is 1. The third-order valence-corrected chi connectivity index (χ3v) is 3.01. The minimum Gasteiger partial charge on any atom is -0.422 e. The van der Waals surface area contributed by atoms with Gasteiger partial charge in [0.1, 0.15) is 5.75 Å². The van der Waals surface area contributed by atoms with Crippen LogP contribution in [0.25, 0.3) is 0 Å². The molecule has 0 atom stereocenters. The maximum Gasteiger partial charge on any atom is 0.343 e. The third kappa shape index (κ3) is 3.25. The van der Waals surface area contributed by atoms with E-state index in [1.807, 2.05) is 6.07 Å². The molecule has 0 heterocycles. The number of hydrogen-bond acceptors (Lipinski definition) is 3. The van der Waals surface area contributed by atoms with Gasteiger partial charge in [-0.2, -0.15) is 0 Å². The molecule has 0 amide bonds. The Hall–Kier alpha value is -2.13. The van der Waals surface area contributed by atoms with Crippen LogP contribution in [-0.2, 0) is 0 Å². The second kappa shape index (κ2) is 6.35. The lowest BCUT2D eigenvalue weighted by atomic mass is 10.1. The van der Waals surface area contributed by atoms with Gasteiger partial charge in [0, 0.05) is 11.4 Å². The van der Waals surface area contributed by atoms with Crippen molar-refractivity contribution in [2.24, 2.45) is 0 Å². The minimum atomic E-state index is -0.502. The molecular formula is C16H13ClO3. The molecule has 0 aliphatic carbocycles. The number of esters is 1. The van der Waals surface area contributed by atoms with E-state index < -0.39 is 5.97 Å². The summed E-state index contributed by atoms with van der Waals surface area (Å²) in [5.74, 6) is -0.392. The zero-order valence-corrected chi connectivity index (χ0v) is 11.7. The standard InChI is InChI=1S/C16H13ClO3/c1-2-14(18)13-10-12(17)8-9-15(13)20-16(19)11-6-4-3-5-7-11/h3-10H,2H2,1H3. The molecular weight excluding hydrogens is 276 g/mol. The monoisotopic (exact) mass is 288 g/mol. The van der Waals surface area contributed by atoms with Gasteiger partial charge in [0.2, 0.25) is 0 Å². The highest BCUT2D eigenvalue weighted by molar-refractivity contribution is 6.31. The first-order chi connectivity index (χ1) is 9.61. The van der Waals surface area contributed by atoms with Crippen molar-refractivity contribution in [2.45, 2.75) is 13.3 Å². The van der Waals surface area contributed by atoms with Crippen LogP contribution in [0.4, 0.5) is 0 Å². The van der Waals surface area contributed by atoms with Crippen LogP contribution >= 0.6 is 11.6 Å². The minimum absolute atomic E-state index is 0.122. The van der Waals surface area contributed by atoms with Gasteiger partial charge in [0.15, 0.2) is 5.78 Å². The maximum absolute atomic E-state index is 12.0. The van der Waals surface area contributed by atoms with Gasteiger partial charge in [-0.25, -0.2) is 4.79 Å². The van der Waals surface area contributed by atoms with Crippen molar-refractivity contribution in [3.05, 3.63) is 64.7 Å². The molecule has 20 heavy (non-hydrogen) atoms. The molecule has 102 valence electrons. The van der Waals surface area contributed by atoms with Crippen LogP contribution in [0.5, 0.6) is 5.75 Å². The van der Waals surface area contributed by atoms with Crippen molar-refractivity contribution in [2.75, 3.05) is 0 Å². The Morgan fingerprint density at radius 2 is 1.80 bits per heavy atom. The molecule has 0 saturated carbocycles. The Bertz CT molecular complexity index is 635. The van der Waals surface area contributed by atoms with Crippen molar-refractivity contribution in [1.82, 2.24) is 0 Å². The summed E-state index contributed by atoms with van der Waals surface area (Å²) in [5, 5.41) is 0.432. The lowest BCUT2D eigenvalue weighted by Gasteiger charge is -2.09. The van der Waals surface area contributed by atoms with Crippen LogP contribution in [0.15, 0.2) is 48.5 Å². The Morgan fingerprint density at radius 1 is 1.10 bits per heavy atom. The van der Waals surface area contributed by atoms with Gasteiger partial charge in [-0.3, -0.25) is 4.79 Å². The van der Waals surface area contributed by atoms with Crippen LogP contribution in [0.1, 0.15) is 34.1 Å². The summed E-state index contributed by atoms with van der Waals surface area (Å²) >= 11 is 5.88. The summed E-state index contributed by atoms with van der Waals surface area (Å²) in [7, 11) is 0. The lowest BCUT2D eigenvalue weighted by molar-refractivity contribution is 0.0732. The largest absolute Gasteiger partial charge is 0.422 e. The van der Waals surface area contributed by atoms with E-state index in [0.29, 0.717) is 22.6 Å². The van der Waals surface area contributed by atoms with Crippen LogP contribution in [-0.4, -0.2) is 11.8 Å². The Morgan fingerprint density at radius 3 is 2.45 bits per heavy atom. The summed E-state index contributed by atoms with van der Waals surface area (Å²) in [4.78, 5) is 23.9. The number of halogens is 1. The number of hydrogen-bond donors (Lipinski definition) is 0. The average molecular weight is 289 g/mol. The number of rotatable bonds is 4. The molecule has 2 aromatic rings. The molecule has 0 aromatic heterocycles. The zero-order valence-electron chi connectivity index (χ0n) is 10.9. The van der Waals surface area contributed by atoms with Crippen LogP contribution in [0, 0.1) is 0 Å². The molecule has 0 saturated heterocycles. The van der Waals surface area contributed by atoms with Crippen molar-refractivity contribution < 1.29 is 14.3 Å². The first-order valence-corrected chi connectivity index (χ1v) is 6.59. The summed E-state index contributed by atoms with van der Waals surface area (Å²) in [5.41, 5.74) is 0.752. The Balaban J connectivity index is 2.30. The molecule has 0 fully saturated rings. The number of carbonyl (C=O) groups is 2. The average Bonchev–Trinajstić information content (AvgIpc) is 2.49. The lowest BCUT2D eigenvalue weighted by Crippen LogP contribution is -2.11. The van der Waals surface area contributed by atoms with Crippen molar-refractivity contribution >= 4 is 23.4 Å². The smallest absolute Gasteiger partial charge is 0.343 e. The fraction of sp³-hybridized carbons (Fsp3) is 0.125. The second-order valence-corrected chi connectivity index (χ2v) is 4.61. The van der Waals surface area contributed by atoms with E-state index in [1.165, 1.54) is 12.1 Å². The first kappa shape index (κ1) is 14.3. The SMILES string of the molecule is CCC(=O)c1cc(Cl)ccc1OC(=O)c1ccccc1. The Labute approximate surface area is 122 Å². The number of Topliss-reactive ketones (excluding diaryl/α,β-unsaturated/α-hetero) is 1. The second-order valence-electron chi connectivity index (χ2n) is 4.17. The van der Waals surface area contributed by atoms with Crippen LogP contribution in [0.3, 0.4) is 0 Å². The van der Waals surface area contributed by atoms with Crippen molar-refractivity contribution in [3.63, 3.8) is 0 Å². The van der Waals surface area contributed by atoms with E-state index in [-0.39, 0.29) is 11.5 Å². The quantitative estimate of drug-likeness (QED) is 0.482. The highest BCUT2D eigenvalue weighted by atomic mass is 35.5.